The van der Waals surface area contributed by atoms with Gasteiger partial charge in [-0.05, 0) is 25.0 Å². The Hall–Kier alpha value is -1.88. The largest absolute Gasteiger partial charge is 0.329 e. The maximum atomic E-state index is 12.8. The Morgan fingerprint density at radius 1 is 1.23 bits per heavy atom. The molecule has 0 atom stereocenters. The van der Waals surface area contributed by atoms with Gasteiger partial charge in [0.1, 0.15) is 10.7 Å². The molecule has 1 saturated carbocycles. The van der Waals surface area contributed by atoms with Crippen LogP contribution in [-0.4, -0.2) is 19.1 Å². The number of hydrogen-bond acceptors (Lipinski definition) is 3. The van der Waals surface area contributed by atoms with Crippen LogP contribution >= 0.6 is 11.6 Å². The van der Waals surface area contributed by atoms with Crippen molar-refractivity contribution < 1.29 is 0 Å². The number of fused-ring (bicyclic) bond motifs is 3. The second-order valence-electron chi connectivity index (χ2n) is 6.00. The molecule has 5 nitrogen and oxygen atoms in total. The summed E-state index contributed by atoms with van der Waals surface area (Å²) in [5, 5.41) is 0.424. The normalized spacial score (nSPS) is 16.6. The van der Waals surface area contributed by atoms with Crippen LogP contribution in [0.3, 0.4) is 0 Å². The fraction of sp³-hybridized carbons (Fsp3) is 0.438. The van der Waals surface area contributed by atoms with E-state index >= 15 is 0 Å². The summed E-state index contributed by atoms with van der Waals surface area (Å²) in [5.41, 5.74) is 3.18. The molecule has 114 valence electrons. The van der Waals surface area contributed by atoms with Crippen molar-refractivity contribution in [3.05, 3.63) is 34.0 Å². The quantitative estimate of drug-likeness (QED) is 0.646. The molecule has 0 bridgehead atoms. The lowest BCUT2D eigenvalue weighted by molar-refractivity contribution is 0.351. The van der Waals surface area contributed by atoms with E-state index in [9.17, 15) is 4.79 Å². The van der Waals surface area contributed by atoms with Gasteiger partial charge in [-0.3, -0.25) is 14.1 Å². The third-order valence-electron chi connectivity index (χ3n) is 4.67. The maximum Gasteiger partial charge on any atom is 0.329 e. The molecular weight excluding hydrogens is 300 g/mol. The van der Waals surface area contributed by atoms with E-state index < -0.39 is 0 Å². The van der Waals surface area contributed by atoms with Gasteiger partial charge in [-0.25, -0.2) is 9.78 Å². The number of aryl methyl sites for hydroxylation is 1. The molecule has 0 N–H and O–H groups in total. The van der Waals surface area contributed by atoms with Crippen molar-refractivity contribution in [1.29, 1.82) is 0 Å². The average molecular weight is 317 g/mol. The Labute approximate surface area is 132 Å². The third-order valence-corrected chi connectivity index (χ3v) is 4.88. The zero-order chi connectivity index (χ0) is 15.3. The SMILES string of the molecule is Cn1c(=O)n(C2CCCCC2)c2c3nc(Cl)ccc3ncc21. The number of halogens is 1. The number of nitrogens with zero attached hydrogens (tertiary/aromatic N) is 4. The minimum absolute atomic E-state index is 0.0120. The van der Waals surface area contributed by atoms with Gasteiger partial charge in [0.05, 0.1) is 22.7 Å². The van der Waals surface area contributed by atoms with Crippen molar-refractivity contribution in [3.8, 4) is 0 Å². The van der Waals surface area contributed by atoms with Crippen LogP contribution in [0.4, 0.5) is 0 Å². The fourth-order valence-corrected chi connectivity index (χ4v) is 3.69. The number of imidazole rings is 1. The third kappa shape index (κ3) is 1.96. The summed E-state index contributed by atoms with van der Waals surface area (Å²) < 4.78 is 3.58. The van der Waals surface area contributed by atoms with Crippen LogP contribution in [0.2, 0.25) is 5.15 Å². The molecule has 0 spiro atoms. The van der Waals surface area contributed by atoms with Gasteiger partial charge in [0.25, 0.3) is 0 Å². The highest BCUT2D eigenvalue weighted by atomic mass is 35.5. The summed E-state index contributed by atoms with van der Waals surface area (Å²) in [7, 11) is 1.79. The van der Waals surface area contributed by atoms with Crippen molar-refractivity contribution >= 4 is 33.7 Å². The van der Waals surface area contributed by atoms with Crippen molar-refractivity contribution in [1.82, 2.24) is 19.1 Å². The first kappa shape index (κ1) is 13.8. The van der Waals surface area contributed by atoms with E-state index in [1.807, 2.05) is 10.6 Å². The number of aromatic nitrogens is 4. The Kier molecular flexibility index (Phi) is 3.18. The lowest BCUT2D eigenvalue weighted by Gasteiger charge is -2.23. The highest BCUT2D eigenvalue weighted by molar-refractivity contribution is 6.30. The second-order valence-corrected chi connectivity index (χ2v) is 6.38. The maximum absolute atomic E-state index is 12.8. The Morgan fingerprint density at radius 2 is 2.00 bits per heavy atom. The van der Waals surface area contributed by atoms with Crippen molar-refractivity contribution in [2.45, 2.75) is 38.1 Å². The van der Waals surface area contributed by atoms with Crippen LogP contribution in [0.1, 0.15) is 38.1 Å². The molecule has 0 saturated heterocycles. The van der Waals surface area contributed by atoms with E-state index in [4.69, 9.17) is 11.6 Å². The van der Waals surface area contributed by atoms with Gasteiger partial charge < -0.3 is 0 Å². The lowest BCUT2D eigenvalue weighted by Crippen LogP contribution is -2.27. The fourth-order valence-electron chi connectivity index (χ4n) is 3.54. The van der Waals surface area contributed by atoms with Gasteiger partial charge in [-0.1, -0.05) is 30.9 Å². The van der Waals surface area contributed by atoms with Crippen molar-refractivity contribution in [2.75, 3.05) is 0 Å². The van der Waals surface area contributed by atoms with Gasteiger partial charge >= 0.3 is 5.69 Å². The standard InChI is InChI=1S/C16H17ClN4O/c1-20-12-9-18-11-7-8-13(17)19-14(11)15(12)21(16(20)22)10-5-3-2-4-6-10/h7-10H,2-6H2,1H3. The van der Waals surface area contributed by atoms with Crippen LogP contribution < -0.4 is 5.69 Å². The first-order valence-electron chi connectivity index (χ1n) is 7.69. The van der Waals surface area contributed by atoms with Gasteiger partial charge in [0.2, 0.25) is 0 Å². The zero-order valence-corrected chi connectivity index (χ0v) is 13.2. The summed E-state index contributed by atoms with van der Waals surface area (Å²) in [4.78, 5) is 21.6. The molecule has 0 amide bonds. The molecule has 1 aliphatic rings. The summed E-state index contributed by atoms with van der Waals surface area (Å²) >= 11 is 6.07. The van der Waals surface area contributed by atoms with Gasteiger partial charge in [0, 0.05) is 13.1 Å². The lowest BCUT2D eigenvalue weighted by atomic mass is 9.95. The molecule has 0 aliphatic heterocycles. The first-order valence-corrected chi connectivity index (χ1v) is 8.07. The summed E-state index contributed by atoms with van der Waals surface area (Å²) in [6.45, 7) is 0. The van der Waals surface area contributed by atoms with E-state index in [0.29, 0.717) is 10.7 Å². The Bertz CT molecular complexity index is 921. The smallest absolute Gasteiger partial charge is 0.293 e. The monoisotopic (exact) mass is 316 g/mol. The molecule has 3 aromatic heterocycles. The van der Waals surface area contributed by atoms with E-state index in [0.717, 1.165) is 29.4 Å². The Balaban J connectivity index is 2.11. The number of hydrogen-bond donors (Lipinski definition) is 0. The van der Waals surface area contributed by atoms with Crippen LogP contribution in [-0.2, 0) is 7.05 Å². The minimum atomic E-state index is 0.0120. The van der Waals surface area contributed by atoms with E-state index in [2.05, 4.69) is 9.97 Å². The van der Waals surface area contributed by atoms with Crippen molar-refractivity contribution in [3.63, 3.8) is 0 Å². The molecule has 6 heteroatoms. The predicted octanol–water partition coefficient (Wildman–Crippen LogP) is 3.44. The van der Waals surface area contributed by atoms with Gasteiger partial charge in [0.15, 0.2) is 0 Å². The summed E-state index contributed by atoms with van der Waals surface area (Å²) in [6.07, 6.45) is 7.44. The first-order chi connectivity index (χ1) is 10.7. The second kappa shape index (κ2) is 5.09. The van der Waals surface area contributed by atoms with E-state index in [-0.39, 0.29) is 11.7 Å². The van der Waals surface area contributed by atoms with Crippen LogP contribution in [0.25, 0.3) is 22.1 Å². The van der Waals surface area contributed by atoms with Crippen LogP contribution in [0.5, 0.6) is 0 Å². The van der Waals surface area contributed by atoms with E-state index in [1.165, 1.54) is 19.3 Å². The van der Waals surface area contributed by atoms with E-state index in [1.54, 1.807) is 23.9 Å². The van der Waals surface area contributed by atoms with Gasteiger partial charge in [-0.2, -0.15) is 0 Å². The topological polar surface area (TPSA) is 52.7 Å². The van der Waals surface area contributed by atoms with Gasteiger partial charge in [-0.15, -0.1) is 0 Å². The Morgan fingerprint density at radius 3 is 2.77 bits per heavy atom. The molecule has 0 aromatic carbocycles. The zero-order valence-electron chi connectivity index (χ0n) is 12.4. The summed E-state index contributed by atoms with van der Waals surface area (Å²) in [5.74, 6) is 0. The van der Waals surface area contributed by atoms with Crippen LogP contribution in [0, 0.1) is 0 Å². The number of rotatable bonds is 1. The highest BCUT2D eigenvalue weighted by Crippen LogP contribution is 2.32. The highest BCUT2D eigenvalue weighted by Gasteiger charge is 2.23. The molecule has 1 aliphatic carbocycles. The molecule has 1 fully saturated rings. The molecule has 0 unspecified atom stereocenters. The van der Waals surface area contributed by atoms with Crippen molar-refractivity contribution in [2.24, 2.45) is 7.05 Å². The molecular formula is C16H17ClN4O. The molecule has 3 heterocycles. The average Bonchev–Trinajstić information content (AvgIpc) is 2.80. The minimum Gasteiger partial charge on any atom is -0.293 e. The van der Waals surface area contributed by atoms with Crippen LogP contribution in [0.15, 0.2) is 23.1 Å². The molecule has 4 rings (SSSR count). The molecule has 0 radical (unpaired) electrons. The summed E-state index contributed by atoms with van der Waals surface area (Å²) in [6, 6.07) is 3.83. The predicted molar refractivity (Wildman–Crippen MR) is 87.4 cm³/mol. The molecule has 22 heavy (non-hydrogen) atoms. The number of pyridine rings is 2. The molecule has 3 aromatic rings.